The molecule has 1 atom stereocenters. The molecule has 2 aromatic rings. The Hall–Kier alpha value is -2.53. The van der Waals surface area contributed by atoms with Gasteiger partial charge >= 0.3 is 0 Å². The van der Waals surface area contributed by atoms with Crippen molar-refractivity contribution in [1.82, 2.24) is 4.90 Å². The van der Waals surface area contributed by atoms with E-state index >= 15 is 0 Å². The number of nitrogens with zero attached hydrogens (tertiary/aromatic N) is 3. The van der Waals surface area contributed by atoms with Crippen molar-refractivity contribution in [2.75, 3.05) is 49.6 Å². The van der Waals surface area contributed by atoms with Crippen LogP contribution in [0.15, 0.2) is 48.5 Å². The van der Waals surface area contributed by atoms with E-state index in [1.165, 1.54) is 5.56 Å². The molecule has 5 nitrogen and oxygen atoms in total. The molecule has 1 fully saturated rings. The number of piperazine rings is 1. The van der Waals surface area contributed by atoms with Gasteiger partial charge in [-0.15, -0.1) is 0 Å². The highest BCUT2D eigenvalue weighted by molar-refractivity contribution is 5.98. The average molecular weight is 380 g/mol. The predicted molar refractivity (Wildman–Crippen MR) is 113 cm³/mol. The largest absolute Gasteiger partial charge is 0.495 e. The zero-order valence-electron chi connectivity index (χ0n) is 16.8. The number of anilines is 2. The van der Waals surface area contributed by atoms with E-state index in [-0.39, 0.29) is 11.9 Å². The van der Waals surface area contributed by atoms with Crippen molar-refractivity contribution in [3.8, 4) is 5.75 Å². The highest BCUT2D eigenvalue weighted by atomic mass is 16.5. The smallest absolute Gasteiger partial charge is 0.244 e. The van der Waals surface area contributed by atoms with E-state index in [1.807, 2.05) is 29.2 Å². The maximum atomic E-state index is 13.3. The molecule has 0 aliphatic carbocycles. The summed E-state index contributed by atoms with van der Waals surface area (Å²) in [4.78, 5) is 19.9. The second-order valence-electron chi connectivity index (χ2n) is 7.59. The van der Waals surface area contributed by atoms with Gasteiger partial charge < -0.3 is 14.5 Å². The SMILES string of the molecule is COc1ccccc1N1CCN(C(C)C(=O)N2CCCc3ccccc32)CC1. The zero-order chi connectivity index (χ0) is 19.5. The van der Waals surface area contributed by atoms with Gasteiger partial charge in [0.15, 0.2) is 0 Å². The van der Waals surface area contributed by atoms with Crippen LogP contribution >= 0.6 is 0 Å². The summed E-state index contributed by atoms with van der Waals surface area (Å²) in [5.74, 6) is 1.13. The highest BCUT2D eigenvalue weighted by Crippen LogP contribution is 2.30. The monoisotopic (exact) mass is 379 g/mol. The maximum absolute atomic E-state index is 13.3. The molecule has 2 aromatic carbocycles. The van der Waals surface area contributed by atoms with E-state index in [1.54, 1.807) is 7.11 Å². The van der Waals surface area contributed by atoms with Crippen LogP contribution in [0.25, 0.3) is 0 Å². The van der Waals surface area contributed by atoms with Gasteiger partial charge in [0.25, 0.3) is 0 Å². The molecular weight excluding hydrogens is 350 g/mol. The van der Waals surface area contributed by atoms with Crippen LogP contribution in [-0.2, 0) is 11.2 Å². The number of carbonyl (C=O) groups is 1. The minimum absolute atomic E-state index is 0.106. The fraction of sp³-hybridized carbons (Fsp3) is 0.435. The Morgan fingerprint density at radius 3 is 2.36 bits per heavy atom. The Morgan fingerprint density at radius 2 is 1.61 bits per heavy atom. The lowest BCUT2D eigenvalue weighted by atomic mass is 10.0. The van der Waals surface area contributed by atoms with E-state index in [9.17, 15) is 4.79 Å². The first-order valence-electron chi connectivity index (χ1n) is 10.2. The van der Waals surface area contributed by atoms with E-state index < -0.39 is 0 Å². The summed E-state index contributed by atoms with van der Waals surface area (Å²) in [6.45, 7) is 6.42. The fourth-order valence-corrected chi connectivity index (χ4v) is 4.39. The van der Waals surface area contributed by atoms with Crippen molar-refractivity contribution in [2.45, 2.75) is 25.8 Å². The van der Waals surface area contributed by atoms with Gasteiger partial charge in [0.2, 0.25) is 5.91 Å². The molecule has 0 radical (unpaired) electrons. The van der Waals surface area contributed by atoms with Crippen molar-refractivity contribution in [3.05, 3.63) is 54.1 Å². The third-order valence-corrected chi connectivity index (χ3v) is 6.02. The van der Waals surface area contributed by atoms with E-state index in [4.69, 9.17) is 4.74 Å². The second-order valence-corrected chi connectivity index (χ2v) is 7.59. The van der Waals surface area contributed by atoms with Gasteiger partial charge in [0.05, 0.1) is 18.8 Å². The third kappa shape index (κ3) is 3.59. The maximum Gasteiger partial charge on any atom is 0.244 e. The summed E-state index contributed by atoms with van der Waals surface area (Å²) in [6.07, 6.45) is 2.10. The van der Waals surface area contributed by atoms with Crippen LogP contribution in [0, 0.1) is 0 Å². The Balaban J connectivity index is 1.42. The molecule has 28 heavy (non-hydrogen) atoms. The molecule has 4 rings (SSSR count). The summed E-state index contributed by atoms with van der Waals surface area (Å²) in [5.41, 5.74) is 3.52. The number of rotatable bonds is 4. The van der Waals surface area contributed by atoms with E-state index in [0.717, 1.165) is 62.7 Å². The number of hydrogen-bond donors (Lipinski definition) is 0. The number of amides is 1. The number of aryl methyl sites for hydroxylation is 1. The van der Waals surface area contributed by atoms with Gasteiger partial charge in [-0.25, -0.2) is 0 Å². The van der Waals surface area contributed by atoms with Crippen molar-refractivity contribution in [3.63, 3.8) is 0 Å². The number of para-hydroxylation sites is 3. The quantitative estimate of drug-likeness (QED) is 0.817. The first kappa shape index (κ1) is 18.8. The standard InChI is InChI=1S/C23H29N3O2/c1-18(23(27)26-13-7-9-19-8-3-4-10-20(19)26)24-14-16-25(17-15-24)21-11-5-6-12-22(21)28-2/h3-6,8,10-12,18H,7,9,13-17H2,1-2H3. The molecule has 2 aliphatic heterocycles. The van der Waals surface area contributed by atoms with Crippen molar-refractivity contribution < 1.29 is 9.53 Å². The van der Waals surface area contributed by atoms with Crippen LogP contribution in [0.5, 0.6) is 5.75 Å². The van der Waals surface area contributed by atoms with Crippen LogP contribution < -0.4 is 14.5 Å². The molecule has 0 saturated carbocycles. The molecule has 0 N–H and O–H groups in total. The van der Waals surface area contributed by atoms with Gasteiger partial charge in [-0.3, -0.25) is 9.69 Å². The lowest BCUT2D eigenvalue weighted by Crippen LogP contribution is -2.55. The van der Waals surface area contributed by atoms with Gasteiger partial charge in [0.1, 0.15) is 5.75 Å². The molecule has 2 aliphatic rings. The van der Waals surface area contributed by atoms with E-state index in [2.05, 4.69) is 41.0 Å². The topological polar surface area (TPSA) is 36.0 Å². The second kappa shape index (κ2) is 8.23. The van der Waals surface area contributed by atoms with Crippen LogP contribution in [0.3, 0.4) is 0 Å². The van der Waals surface area contributed by atoms with Gasteiger partial charge in [0, 0.05) is 38.4 Å². The first-order valence-corrected chi connectivity index (χ1v) is 10.2. The number of hydrogen-bond acceptors (Lipinski definition) is 4. The Bertz CT molecular complexity index is 830. The minimum Gasteiger partial charge on any atom is -0.495 e. The first-order chi connectivity index (χ1) is 13.7. The highest BCUT2D eigenvalue weighted by Gasteiger charge is 2.31. The number of benzene rings is 2. The lowest BCUT2D eigenvalue weighted by molar-refractivity contribution is -0.123. The number of methoxy groups -OCH3 is 1. The van der Waals surface area contributed by atoms with Gasteiger partial charge in [-0.1, -0.05) is 30.3 Å². The number of fused-ring (bicyclic) bond motifs is 1. The number of carbonyl (C=O) groups excluding carboxylic acids is 1. The Morgan fingerprint density at radius 1 is 0.929 bits per heavy atom. The van der Waals surface area contributed by atoms with Crippen molar-refractivity contribution in [1.29, 1.82) is 0 Å². The van der Waals surface area contributed by atoms with Crippen LogP contribution in [0.4, 0.5) is 11.4 Å². The number of ether oxygens (including phenoxy) is 1. The summed E-state index contributed by atoms with van der Waals surface area (Å²) in [6, 6.07) is 16.4. The Kier molecular flexibility index (Phi) is 5.53. The third-order valence-electron chi connectivity index (χ3n) is 6.02. The van der Waals surface area contributed by atoms with Crippen molar-refractivity contribution in [2.24, 2.45) is 0 Å². The summed E-state index contributed by atoms with van der Waals surface area (Å²) in [5, 5.41) is 0. The van der Waals surface area contributed by atoms with Gasteiger partial charge in [-0.2, -0.15) is 0 Å². The molecule has 0 bridgehead atoms. The molecular formula is C23H29N3O2. The molecule has 0 spiro atoms. The normalized spacial score (nSPS) is 18.5. The molecule has 0 aromatic heterocycles. The molecule has 1 saturated heterocycles. The molecule has 2 heterocycles. The molecule has 1 unspecified atom stereocenters. The predicted octanol–water partition coefficient (Wildman–Crippen LogP) is 3.19. The van der Waals surface area contributed by atoms with Gasteiger partial charge in [-0.05, 0) is 43.5 Å². The van der Waals surface area contributed by atoms with Crippen molar-refractivity contribution >= 4 is 17.3 Å². The van der Waals surface area contributed by atoms with E-state index in [0.29, 0.717) is 0 Å². The average Bonchev–Trinajstić information content (AvgIpc) is 2.77. The molecule has 148 valence electrons. The van der Waals surface area contributed by atoms with Crippen LogP contribution in [0.1, 0.15) is 18.9 Å². The lowest BCUT2D eigenvalue weighted by Gasteiger charge is -2.41. The zero-order valence-corrected chi connectivity index (χ0v) is 16.8. The molecule has 1 amide bonds. The summed E-state index contributed by atoms with van der Waals surface area (Å²) >= 11 is 0. The minimum atomic E-state index is -0.106. The van der Waals surface area contributed by atoms with Crippen LogP contribution in [-0.4, -0.2) is 56.7 Å². The fourth-order valence-electron chi connectivity index (χ4n) is 4.39. The molecule has 5 heteroatoms. The van der Waals surface area contributed by atoms with Crippen LogP contribution in [0.2, 0.25) is 0 Å². The Labute approximate surface area is 167 Å². The summed E-state index contributed by atoms with van der Waals surface area (Å²) in [7, 11) is 1.71. The summed E-state index contributed by atoms with van der Waals surface area (Å²) < 4.78 is 5.51.